The maximum atomic E-state index is 12.5. The van der Waals surface area contributed by atoms with Crippen LogP contribution in [0.1, 0.15) is 15.9 Å². The predicted octanol–water partition coefficient (Wildman–Crippen LogP) is 4.03. The Bertz CT molecular complexity index is 1130. The molecule has 1 aliphatic rings. The van der Waals surface area contributed by atoms with Gasteiger partial charge in [-0.3, -0.25) is 9.52 Å². The van der Waals surface area contributed by atoms with Crippen LogP contribution >= 0.6 is 0 Å². The number of amides is 1. The molecule has 6 nitrogen and oxygen atoms in total. The standard InChI is InChI=1S/C21H18N2O4S/c24-21-17-14-16(23-28(25,26)13-12-15-6-2-1-3-7-15)10-11-19(17)27-20-9-5-4-8-18(20)22-21/h1-11,14,23H,12-13H2,(H,22,24). The van der Waals surface area contributed by atoms with Crippen molar-refractivity contribution in [3.8, 4) is 11.5 Å². The van der Waals surface area contributed by atoms with Gasteiger partial charge in [0.25, 0.3) is 5.91 Å². The second-order valence-corrected chi connectivity index (χ2v) is 8.26. The molecular weight excluding hydrogens is 376 g/mol. The van der Waals surface area contributed by atoms with E-state index < -0.39 is 10.0 Å². The SMILES string of the molecule is O=C1Nc2ccccc2Oc2ccc(NS(=O)(=O)CCc3ccccc3)cc21. The van der Waals surface area contributed by atoms with Gasteiger partial charge in [-0.1, -0.05) is 42.5 Å². The number of nitrogens with one attached hydrogen (secondary N) is 2. The average molecular weight is 394 g/mol. The van der Waals surface area contributed by atoms with Crippen LogP contribution in [0, 0.1) is 0 Å². The van der Waals surface area contributed by atoms with Gasteiger partial charge in [0.2, 0.25) is 10.0 Å². The molecule has 142 valence electrons. The predicted molar refractivity (Wildman–Crippen MR) is 108 cm³/mol. The monoisotopic (exact) mass is 394 g/mol. The fourth-order valence-electron chi connectivity index (χ4n) is 2.95. The van der Waals surface area contributed by atoms with Gasteiger partial charge in [0.15, 0.2) is 5.75 Å². The summed E-state index contributed by atoms with van der Waals surface area (Å²) in [4.78, 5) is 12.5. The number of sulfonamides is 1. The lowest BCUT2D eigenvalue weighted by molar-refractivity contribution is 0.102. The summed E-state index contributed by atoms with van der Waals surface area (Å²) in [5, 5.41) is 2.77. The zero-order valence-corrected chi connectivity index (χ0v) is 15.7. The number of anilines is 2. The first kappa shape index (κ1) is 18.1. The minimum Gasteiger partial charge on any atom is -0.454 e. The number of carbonyl (C=O) groups is 1. The molecule has 2 N–H and O–H groups in total. The number of ether oxygens (including phenoxy) is 1. The first-order valence-electron chi connectivity index (χ1n) is 8.77. The summed E-state index contributed by atoms with van der Waals surface area (Å²) in [6, 6.07) is 21.2. The van der Waals surface area contributed by atoms with E-state index in [1.807, 2.05) is 36.4 Å². The van der Waals surface area contributed by atoms with Crippen molar-refractivity contribution >= 4 is 27.3 Å². The van der Waals surface area contributed by atoms with Gasteiger partial charge in [-0.2, -0.15) is 0 Å². The van der Waals surface area contributed by atoms with Crippen molar-refractivity contribution in [3.05, 3.63) is 83.9 Å². The second-order valence-electron chi connectivity index (χ2n) is 6.42. The number of hydrogen-bond donors (Lipinski definition) is 2. The zero-order valence-electron chi connectivity index (χ0n) is 14.9. The average Bonchev–Trinajstić information content (AvgIpc) is 2.83. The first-order valence-corrected chi connectivity index (χ1v) is 10.4. The topological polar surface area (TPSA) is 84.5 Å². The summed E-state index contributed by atoms with van der Waals surface area (Å²) in [6.07, 6.45) is 0.403. The van der Waals surface area contributed by atoms with Gasteiger partial charge < -0.3 is 10.1 Å². The third kappa shape index (κ3) is 3.99. The molecule has 0 spiro atoms. The van der Waals surface area contributed by atoms with Crippen molar-refractivity contribution in [2.24, 2.45) is 0 Å². The summed E-state index contributed by atoms with van der Waals surface area (Å²) in [5.74, 6) is 0.494. The summed E-state index contributed by atoms with van der Waals surface area (Å²) in [7, 11) is -3.56. The lowest BCUT2D eigenvalue weighted by atomic mass is 10.1. The van der Waals surface area contributed by atoms with Crippen LogP contribution in [0.5, 0.6) is 11.5 Å². The van der Waals surface area contributed by atoms with E-state index >= 15 is 0 Å². The molecule has 1 heterocycles. The van der Waals surface area contributed by atoms with Crippen molar-refractivity contribution in [1.82, 2.24) is 0 Å². The molecule has 0 unspecified atom stereocenters. The van der Waals surface area contributed by atoms with E-state index in [1.165, 1.54) is 6.07 Å². The third-order valence-electron chi connectivity index (χ3n) is 4.36. The van der Waals surface area contributed by atoms with Crippen molar-refractivity contribution < 1.29 is 17.9 Å². The van der Waals surface area contributed by atoms with E-state index in [1.54, 1.807) is 30.3 Å². The third-order valence-corrected chi connectivity index (χ3v) is 5.64. The van der Waals surface area contributed by atoms with Crippen LogP contribution < -0.4 is 14.8 Å². The lowest BCUT2D eigenvalue weighted by Crippen LogP contribution is -2.19. The van der Waals surface area contributed by atoms with E-state index in [4.69, 9.17) is 4.74 Å². The molecule has 1 amide bonds. The van der Waals surface area contributed by atoms with Crippen molar-refractivity contribution in [2.45, 2.75) is 6.42 Å². The molecule has 3 aromatic rings. The number of rotatable bonds is 5. The maximum absolute atomic E-state index is 12.5. The minimum absolute atomic E-state index is 0.0533. The molecule has 0 bridgehead atoms. The molecule has 0 fully saturated rings. The number of benzene rings is 3. The maximum Gasteiger partial charge on any atom is 0.259 e. The number of hydrogen-bond acceptors (Lipinski definition) is 4. The molecule has 1 aliphatic heterocycles. The molecule has 0 atom stereocenters. The van der Waals surface area contributed by atoms with E-state index in [9.17, 15) is 13.2 Å². The molecule has 28 heavy (non-hydrogen) atoms. The molecule has 3 aromatic carbocycles. The van der Waals surface area contributed by atoms with Crippen molar-refractivity contribution in [1.29, 1.82) is 0 Å². The largest absolute Gasteiger partial charge is 0.454 e. The van der Waals surface area contributed by atoms with Gasteiger partial charge in [-0.25, -0.2) is 8.42 Å². The first-order chi connectivity index (χ1) is 13.5. The van der Waals surface area contributed by atoms with Crippen LogP contribution in [0.4, 0.5) is 11.4 Å². The number of fused-ring (bicyclic) bond motifs is 2. The summed E-state index contributed by atoms with van der Waals surface area (Å²) >= 11 is 0. The second kappa shape index (κ2) is 7.36. The van der Waals surface area contributed by atoms with E-state index in [0.717, 1.165) is 5.56 Å². The Morgan fingerprint density at radius 3 is 2.46 bits per heavy atom. The van der Waals surface area contributed by atoms with Crippen LogP contribution in [0.15, 0.2) is 72.8 Å². The normalized spacial score (nSPS) is 12.8. The Labute approximate surface area is 163 Å². The lowest BCUT2D eigenvalue weighted by Gasteiger charge is -2.11. The van der Waals surface area contributed by atoms with Crippen LogP contribution in [-0.2, 0) is 16.4 Å². The Morgan fingerprint density at radius 2 is 1.64 bits per heavy atom. The highest BCUT2D eigenvalue weighted by molar-refractivity contribution is 7.92. The number of aryl methyl sites for hydroxylation is 1. The van der Waals surface area contributed by atoms with Crippen LogP contribution in [0.25, 0.3) is 0 Å². The zero-order chi connectivity index (χ0) is 19.6. The molecular formula is C21H18N2O4S. The highest BCUT2D eigenvalue weighted by Crippen LogP contribution is 2.36. The molecule has 0 radical (unpaired) electrons. The van der Waals surface area contributed by atoms with E-state index in [-0.39, 0.29) is 17.2 Å². The van der Waals surface area contributed by atoms with Gasteiger partial charge >= 0.3 is 0 Å². The van der Waals surface area contributed by atoms with E-state index in [0.29, 0.717) is 29.3 Å². The number of para-hydroxylation sites is 2. The van der Waals surface area contributed by atoms with Crippen molar-refractivity contribution in [2.75, 3.05) is 15.8 Å². The molecule has 0 aliphatic carbocycles. The minimum atomic E-state index is -3.56. The molecule has 0 aromatic heterocycles. The van der Waals surface area contributed by atoms with Gasteiger partial charge in [-0.05, 0) is 42.3 Å². The Kier molecular flexibility index (Phi) is 4.75. The Hall–Kier alpha value is -3.32. The molecule has 4 rings (SSSR count). The quantitative estimate of drug-likeness (QED) is 0.684. The number of carbonyl (C=O) groups excluding carboxylic acids is 1. The van der Waals surface area contributed by atoms with Gasteiger partial charge in [-0.15, -0.1) is 0 Å². The highest BCUT2D eigenvalue weighted by Gasteiger charge is 2.22. The Morgan fingerprint density at radius 1 is 0.893 bits per heavy atom. The molecule has 7 heteroatoms. The van der Waals surface area contributed by atoms with Gasteiger partial charge in [0, 0.05) is 5.69 Å². The summed E-state index contributed by atoms with van der Waals surface area (Å²) in [5.41, 5.74) is 2.09. The summed E-state index contributed by atoms with van der Waals surface area (Å²) in [6.45, 7) is 0. The van der Waals surface area contributed by atoms with Crippen molar-refractivity contribution in [3.63, 3.8) is 0 Å². The van der Waals surface area contributed by atoms with Crippen LogP contribution in [-0.4, -0.2) is 20.1 Å². The molecule has 0 saturated carbocycles. The fraction of sp³-hybridized carbons (Fsp3) is 0.0952. The highest BCUT2D eigenvalue weighted by atomic mass is 32.2. The molecule has 0 saturated heterocycles. The van der Waals surface area contributed by atoms with Gasteiger partial charge in [0.05, 0.1) is 17.0 Å². The fourth-order valence-corrected chi connectivity index (χ4v) is 4.05. The van der Waals surface area contributed by atoms with Crippen LogP contribution in [0.3, 0.4) is 0 Å². The smallest absolute Gasteiger partial charge is 0.259 e. The summed E-state index contributed by atoms with van der Waals surface area (Å²) < 4.78 is 33.2. The van der Waals surface area contributed by atoms with E-state index in [2.05, 4.69) is 10.0 Å². The van der Waals surface area contributed by atoms with Crippen LogP contribution in [0.2, 0.25) is 0 Å². The Balaban J connectivity index is 1.53. The van der Waals surface area contributed by atoms with Gasteiger partial charge in [0.1, 0.15) is 5.75 Å².